The Bertz CT molecular complexity index is 505. The molecule has 0 amide bonds. The molecule has 80 valence electrons. The van der Waals surface area contributed by atoms with Crippen LogP contribution < -0.4 is 10.2 Å². The van der Waals surface area contributed by atoms with Crippen molar-refractivity contribution in [2.24, 2.45) is 0 Å². The summed E-state index contributed by atoms with van der Waals surface area (Å²) < 4.78 is 35.5. The molecule has 0 aliphatic rings. The summed E-state index contributed by atoms with van der Waals surface area (Å²) in [6.45, 7) is 0. The molecule has 1 aromatic carbocycles. The number of benzene rings is 1. The maximum absolute atomic E-state index is 10.9. The highest BCUT2D eigenvalue weighted by molar-refractivity contribution is 7.86. The Morgan fingerprint density at radius 3 is 2.67 bits per heavy atom. The van der Waals surface area contributed by atoms with E-state index in [0.29, 0.717) is 0 Å². The number of hydrogen-bond donors (Lipinski definition) is 2. The van der Waals surface area contributed by atoms with Crippen LogP contribution in [0.4, 0.5) is 5.69 Å². The number of ether oxygens (including phenoxy) is 1. The average Bonchev–Trinajstić information content (AvgIpc) is 2.17. The summed E-state index contributed by atoms with van der Waals surface area (Å²) in [6.07, 6.45) is 0. The van der Waals surface area contributed by atoms with E-state index in [1.54, 1.807) is 0 Å². The topological polar surface area (TPSA) is 104 Å². The Morgan fingerprint density at radius 2 is 2.20 bits per heavy atom. The number of anilines is 1. The van der Waals surface area contributed by atoms with Gasteiger partial charge in [-0.2, -0.15) is 8.42 Å². The molecule has 0 saturated heterocycles. The molecule has 0 bridgehead atoms. The standard InChI is InChI=1S/C7H7N3O4S/c1-14-6-3-2-5(9-10-8)4-7(6)15(11,12)13/h2-4,9H,1H3/p+1. The summed E-state index contributed by atoms with van der Waals surface area (Å²) in [7, 11) is -3.10. The molecule has 0 heterocycles. The molecule has 0 aliphatic heterocycles. The molecule has 8 heteroatoms. The Balaban J connectivity index is 3.34. The first kappa shape index (κ1) is 11.2. The van der Waals surface area contributed by atoms with Crippen molar-refractivity contribution < 1.29 is 17.7 Å². The lowest BCUT2D eigenvalue weighted by Gasteiger charge is -2.05. The van der Waals surface area contributed by atoms with Gasteiger partial charge in [0.1, 0.15) is 16.3 Å². The molecule has 0 fully saturated rings. The lowest BCUT2D eigenvalue weighted by molar-refractivity contribution is 0.397. The van der Waals surface area contributed by atoms with E-state index in [0.717, 1.165) is 6.07 Å². The fraction of sp³-hybridized carbons (Fsp3) is 0.143. The van der Waals surface area contributed by atoms with Crippen molar-refractivity contribution >= 4 is 15.8 Å². The first-order chi connectivity index (χ1) is 6.99. The molecule has 0 aliphatic carbocycles. The van der Waals surface area contributed by atoms with Crippen LogP contribution in [-0.4, -0.2) is 20.1 Å². The van der Waals surface area contributed by atoms with Crippen molar-refractivity contribution in [3.8, 4) is 5.75 Å². The van der Waals surface area contributed by atoms with Crippen LogP contribution >= 0.6 is 0 Å². The second-order valence-electron chi connectivity index (χ2n) is 2.55. The van der Waals surface area contributed by atoms with Gasteiger partial charge in [0.2, 0.25) is 0 Å². The Morgan fingerprint density at radius 1 is 1.53 bits per heavy atom. The van der Waals surface area contributed by atoms with Crippen molar-refractivity contribution in [3.63, 3.8) is 0 Å². The van der Waals surface area contributed by atoms with Crippen LogP contribution in [0.5, 0.6) is 5.75 Å². The summed E-state index contributed by atoms with van der Waals surface area (Å²) in [5.74, 6) is 0.000916. The number of diazo groups is 1. The van der Waals surface area contributed by atoms with Crippen molar-refractivity contribution in [2.75, 3.05) is 12.5 Å². The van der Waals surface area contributed by atoms with Crippen LogP contribution in [0.3, 0.4) is 0 Å². The lowest BCUT2D eigenvalue weighted by atomic mass is 10.3. The molecule has 15 heavy (non-hydrogen) atoms. The van der Waals surface area contributed by atoms with Gasteiger partial charge in [-0.1, -0.05) is 0 Å². The van der Waals surface area contributed by atoms with E-state index >= 15 is 0 Å². The molecule has 1 aromatic rings. The predicted octanol–water partition coefficient (Wildman–Crippen LogP) is 1.12. The average molecular weight is 230 g/mol. The molecule has 0 aromatic heterocycles. The van der Waals surface area contributed by atoms with Gasteiger partial charge in [0.15, 0.2) is 0 Å². The summed E-state index contributed by atoms with van der Waals surface area (Å²) in [5.41, 5.74) is 2.32. The highest BCUT2D eigenvalue weighted by Gasteiger charge is 2.17. The van der Waals surface area contributed by atoms with Gasteiger partial charge in [-0.05, 0) is 23.6 Å². The van der Waals surface area contributed by atoms with Gasteiger partial charge in [-0.25, -0.2) is 0 Å². The molecule has 0 unspecified atom stereocenters. The maximum Gasteiger partial charge on any atom is 0.308 e. The van der Waals surface area contributed by atoms with Gasteiger partial charge < -0.3 is 4.74 Å². The number of nitrogens with one attached hydrogen (secondary N) is 1. The molecule has 0 spiro atoms. The largest absolute Gasteiger partial charge is 0.495 e. The van der Waals surface area contributed by atoms with Crippen LogP contribution in [0, 0.1) is 5.39 Å². The highest BCUT2D eigenvalue weighted by atomic mass is 32.2. The molecule has 0 radical (unpaired) electrons. The van der Waals surface area contributed by atoms with Crippen molar-refractivity contribution in [2.45, 2.75) is 4.90 Å². The molecule has 0 saturated carbocycles. The quantitative estimate of drug-likeness (QED) is 0.458. The molecule has 1 rings (SSSR count). The zero-order valence-corrected chi connectivity index (χ0v) is 8.52. The van der Waals surface area contributed by atoms with Crippen molar-refractivity contribution in [3.05, 3.63) is 23.3 Å². The number of nitrogens with zero attached hydrogens (tertiary/aromatic N) is 2. The Labute approximate surface area is 86.0 Å². The van der Waals surface area contributed by atoms with Crippen molar-refractivity contribution in [1.29, 1.82) is 5.39 Å². The summed E-state index contributed by atoms with van der Waals surface area (Å²) >= 11 is 0. The van der Waals surface area contributed by atoms with Gasteiger partial charge in [0.05, 0.1) is 7.11 Å². The van der Waals surface area contributed by atoms with Gasteiger partial charge in [-0.15, -0.1) is 0 Å². The number of hydrogen-bond acceptors (Lipinski definition) is 5. The van der Waals surface area contributed by atoms with Gasteiger partial charge in [0, 0.05) is 0 Å². The Kier molecular flexibility index (Phi) is 3.08. The fourth-order valence-electron chi connectivity index (χ4n) is 1.01. The molecule has 7 nitrogen and oxygen atoms in total. The Hall–Kier alpha value is -1.85. The van der Waals surface area contributed by atoms with E-state index in [2.05, 4.69) is 10.5 Å². The maximum atomic E-state index is 10.9. The summed E-state index contributed by atoms with van der Waals surface area (Å²) in [5, 5.41) is 10.8. The summed E-state index contributed by atoms with van der Waals surface area (Å²) in [4.78, 5) is -0.404. The minimum absolute atomic E-state index is 0.000916. The normalized spacial score (nSPS) is 10.5. The first-order valence-corrected chi connectivity index (χ1v) is 5.18. The van der Waals surface area contributed by atoms with Gasteiger partial charge >= 0.3 is 5.08 Å². The SMILES string of the molecule is COc1ccc(N[N+]#N)cc1S(=O)(=O)O. The predicted molar refractivity (Wildman–Crippen MR) is 51.5 cm³/mol. The third-order valence-electron chi connectivity index (χ3n) is 1.62. The number of methoxy groups -OCH3 is 1. The van der Waals surface area contributed by atoms with E-state index in [1.165, 1.54) is 19.2 Å². The monoisotopic (exact) mass is 230 g/mol. The van der Waals surface area contributed by atoms with Crippen molar-refractivity contribution in [1.82, 2.24) is 0 Å². The second kappa shape index (κ2) is 4.12. The zero-order chi connectivity index (χ0) is 11.5. The molecular weight excluding hydrogens is 222 g/mol. The van der Waals surface area contributed by atoms with Gasteiger partial charge in [0.25, 0.3) is 15.5 Å². The lowest BCUT2D eigenvalue weighted by Crippen LogP contribution is -2.02. The fourth-order valence-corrected chi connectivity index (χ4v) is 1.69. The second-order valence-corrected chi connectivity index (χ2v) is 3.94. The van der Waals surface area contributed by atoms with Crippen LogP contribution in [0.1, 0.15) is 0 Å². The third kappa shape index (κ3) is 2.55. The van der Waals surface area contributed by atoms with Crippen LogP contribution in [-0.2, 0) is 10.1 Å². The van der Waals surface area contributed by atoms with E-state index in [9.17, 15) is 8.42 Å². The molecule has 2 N–H and O–H groups in total. The molecular formula is C7H8N3O4S+. The van der Waals surface area contributed by atoms with Gasteiger partial charge in [-0.3, -0.25) is 4.55 Å². The van der Waals surface area contributed by atoms with Crippen LogP contribution in [0.25, 0.3) is 5.08 Å². The highest BCUT2D eigenvalue weighted by Crippen LogP contribution is 2.26. The minimum Gasteiger partial charge on any atom is -0.495 e. The zero-order valence-electron chi connectivity index (χ0n) is 7.71. The third-order valence-corrected chi connectivity index (χ3v) is 2.50. The number of rotatable bonds is 3. The first-order valence-electron chi connectivity index (χ1n) is 3.74. The molecule has 0 atom stereocenters. The van der Waals surface area contributed by atoms with E-state index < -0.39 is 15.0 Å². The van der Waals surface area contributed by atoms with Crippen LogP contribution in [0.15, 0.2) is 23.1 Å². The van der Waals surface area contributed by atoms with Crippen LogP contribution in [0.2, 0.25) is 0 Å². The smallest absolute Gasteiger partial charge is 0.308 e. The minimum atomic E-state index is -4.37. The van der Waals surface area contributed by atoms with E-state index in [1.807, 2.05) is 0 Å². The van der Waals surface area contributed by atoms with E-state index in [4.69, 9.17) is 14.7 Å². The summed E-state index contributed by atoms with van der Waals surface area (Å²) in [6, 6.07) is 3.82. The van der Waals surface area contributed by atoms with E-state index in [-0.39, 0.29) is 11.4 Å².